The van der Waals surface area contributed by atoms with Gasteiger partial charge in [-0.05, 0) is 44.0 Å². The maximum atomic E-state index is 11.4. The van der Waals surface area contributed by atoms with Gasteiger partial charge < -0.3 is 36.5 Å². The number of nitrogens with two attached hydrogens (primary N) is 2. The molecule has 0 aliphatic rings. The van der Waals surface area contributed by atoms with Crippen molar-refractivity contribution in [1.82, 2.24) is 19.9 Å². The van der Waals surface area contributed by atoms with E-state index in [4.69, 9.17) is 21.3 Å². The van der Waals surface area contributed by atoms with Crippen LogP contribution in [0.5, 0.6) is 5.75 Å². The first-order chi connectivity index (χ1) is 18.3. The number of aromatic nitrogens is 3. The Morgan fingerprint density at radius 1 is 1.18 bits per heavy atom. The molecular weight excluding hydrogens is 482 g/mol. The molecule has 10 nitrogen and oxygen atoms in total. The van der Waals surface area contributed by atoms with Crippen LogP contribution >= 0.6 is 0 Å². The molecule has 2 aromatic carbocycles. The van der Waals surface area contributed by atoms with Crippen molar-refractivity contribution in [2.45, 2.75) is 52.7 Å². The zero-order chi connectivity index (χ0) is 27.7. The van der Waals surface area contributed by atoms with Crippen LogP contribution in [0.2, 0.25) is 0 Å². The molecule has 0 saturated heterocycles. The highest BCUT2D eigenvalue weighted by atomic mass is 16.5. The van der Waals surface area contributed by atoms with E-state index in [9.17, 15) is 4.79 Å². The van der Waals surface area contributed by atoms with Gasteiger partial charge in [0, 0.05) is 30.6 Å². The molecule has 204 valence electrons. The SMILES string of the molecule is CCCCNc1nc(N)nc2c3ccccc3n(Cc3cc(CNC(C)C(N)=O)ccc3OC)c12.CCO. The van der Waals surface area contributed by atoms with Crippen molar-refractivity contribution in [3.8, 4) is 5.75 Å². The molecule has 10 heteroatoms. The number of hydrogen-bond acceptors (Lipinski definition) is 8. The van der Waals surface area contributed by atoms with Gasteiger partial charge in [0.05, 0.1) is 25.2 Å². The number of hydrogen-bond donors (Lipinski definition) is 5. The van der Waals surface area contributed by atoms with E-state index in [0.717, 1.165) is 64.0 Å². The van der Waals surface area contributed by atoms with Crippen LogP contribution in [0.25, 0.3) is 21.9 Å². The molecule has 0 aliphatic carbocycles. The quantitative estimate of drug-likeness (QED) is 0.188. The number of carbonyl (C=O) groups excluding carboxylic acids is 1. The van der Waals surface area contributed by atoms with Gasteiger partial charge >= 0.3 is 0 Å². The van der Waals surface area contributed by atoms with Gasteiger partial charge in [0.15, 0.2) is 5.82 Å². The van der Waals surface area contributed by atoms with Crippen molar-refractivity contribution < 1.29 is 14.6 Å². The zero-order valence-electron chi connectivity index (χ0n) is 22.6. The molecule has 0 aliphatic heterocycles. The van der Waals surface area contributed by atoms with Crippen molar-refractivity contribution in [2.24, 2.45) is 5.73 Å². The van der Waals surface area contributed by atoms with Crippen LogP contribution in [-0.2, 0) is 17.9 Å². The van der Waals surface area contributed by atoms with Gasteiger partial charge in [-0.3, -0.25) is 4.79 Å². The van der Waals surface area contributed by atoms with Crippen LogP contribution in [0.15, 0.2) is 42.5 Å². The molecule has 4 rings (SSSR count). The average Bonchev–Trinajstić information content (AvgIpc) is 3.21. The molecule has 1 amide bonds. The first-order valence-electron chi connectivity index (χ1n) is 12.9. The van der Waals surface area contributed by atoms with Crippen LogP contribution in [0.4, 0.5) is 11.8 Å². The molecular formula is C28H39N7O3. The minimum Gasteiger partial charge on any atom is -0.496 e. The smallest absolute Gasteiger partial charge is 0.234 e. The number of carbonyl (C=O) groups is 1. The molecule has 0 radical (unpaired) electrons. The highest BCUT2D eigenvalue weighted by Crippen LogP contribution is 2.34. The molecule has 2 aromatic heterocycles. The number of amides is 1. The number of aliphatic hydroxyl groups is 1. The second-order valence-corrected chi connectivity index (χ2v) is 8.98. The van der Waals surface area contributed by atoms with E-state index in [2.05, 4.69) is 50.3 Å². The van der Waals surface area contributed by atoms with E-state index in [-0.39, 0.29) is 18.5 Å². The Kier molecular flexibility index (Phi) is 10.3. The summed E-state index contributed by atoms with van der Waals surface area (Å²) in [6, 6.07) is 13.7. The highest BCUT2D eigenvalue weighted by Gasteiger charge is 2.19. The number of primary amides is 1. The van der Waals surface area contributed by atoms with Gasteiger partial charge in [-0.15, -0.1) is 0 Å². The minimum absolute atomic E-state index is 0.244. The lowest BCUT2D eigenvalue weighted by atomic mass is 10.1. The average molecular weight is 522 g/mol. The van der Waals surface area contributed by atoms with Crippen molar-refractivity contribution in [1.29, 1.82) is 0 Å². The molecule has 2 heterocycles. The van der Waals surface area contributed by atoms with Gasteiger partial charge in [0.25, 0.3) is 0 Å². The standard InChI is InChI=1S/C26H33N7O2.C2H6O/c1-4-5-12-29-25-23-22(31-26(28)32-25)19-8-6-7-9-20(19)33(23)15-18-13-17(10-11-21(18)35-3)14-30-16(2)24(27)34;1-2-3/h6-11,13,16,30H,4-5,12,14-15H2,1-3H3,(H2,27,34)(H3,28,29,31,32);3H,2H2,1H3. The van der Waals surface area contributed by atoms with Crippen molar-refractivity contribution in [3.63, 3.8) is 0 Å². The van der Waals surface area contributed by atoms with Crippen LogP contribution in [0.3, 0.4) is 0 Å². The fraction of sp³-hybridized carbons (Fsp3) is 0.393. The summed E-state index contributed by atoms with van der Waals surface area (Å²) in [4.78, 5) is 20.6. The summed E-state index contributed by atoms with van der Waals surface area (Å²) in [5.41, 5.74) is 16.3. The number of benzene rings is 2. The maximum absolute atomic E-state index is 11.4. The number of anilines is 2. The number of nitrogen functional groups attached to an aromatic ring is 1. The molecule has 1 atom stereocenters. The van der Waals surface area contributed by atoms with Crippen LogP contribution < -0.4 is 26.8 Å². The summed E-state index contributed by atoms with van der Waals surface area (Å²) in [6.07, 6.45) is 2.10. The van der Waals surface area contributed by atoms with E-state index < -0.39 is 6.04 Å². The fourth-order valence-electron chi connectivity index (χ4n) is 4.22. The summed E-state index contributed by atoms with van der Waals surface area (Å²) in [6.45, 7) is 7.69. The Bertz CT molecular complexity index is 1370. The molecule has 0 spiro atoms. The maximum Gasteiger partial charge on any atom is 0.234 e. The molecule has 38 heavy (non-hydrogen) atoms. The number of ether oxygens (including phenoxy) is 1. The molecule has 4 aromatic rings. The lowest BCUT2D eigenvalue weighted by Gasteiger charge is -2.16. The Morgan fingerprint density at radius 2 is 1.92 bits per heavy atom. The van der Waals surface area contributed by atoms with Crippen LogP contribution in [0, 0.1) is 0 Å². The summed E-state index contributed by atoms with van der Waals surface area (Å²) in [7, 11) is 1.67. The van der Waals surface area contributed by atoms with E-state index >= 15 is 0 Å². The predicted octanol–water partition coefficient (Wildman–Crippen LogP) is 3.40. The topological polar surface area (TPSA) is 153 Å². The minimum atomic E-state index is -0.419. The molecule has 7 N–H and O–H groups in total. The third-order valence-corrected chi connectivity index (χ3v) is 6.16. The fourth-order valence-corrected chi connectivity index (χ4v) is 4.22. The largest absolute Gasteiger partial charge is 0.496 e. The Balaban J connectivity index is 0.00000127. The first-order valence-corrected chi connectivity index (χ1v) is 12.9. The monoisotopic (exact) mass is 521 g/mol. The number of rotatable bonds is 11. The first kappa shape index (κ1) is 28.7. The molecule has 0 fully saturated rings. The summed E-state index contributed by atoms with van der Waals surface area (Å²) in [5.74, 6) is 1.36. The summed E-state index contributed by atoms with van der Waals surface area (Å²) < 4.78 is 7.90. The van der Waals surface area contributed by atoms with Gasteiger partial charge in [0.2, 0.25) is 11.9 Å². The number of unbranched alkanes of at least 4 members (excludes halogenated alkanes) is 1. The summed E-state index contributed by atoms with van der Waals surface area (Å²) in [5, 5.41) is 15.2. The number of para-hydroxylation sites is 1. The van der Waals surface area contributed by atoms with Crippen LogP contribution in [-0.4, -0.2) is 51.9 Å². The lowest BCUT2D eigenvalue weighted by molar-refractivity contribution is -0.119. The van der Waals surface area contributed by atoms with E-state index in [1.165, 1.54) is 0 Å². The van der Waals surface area contributed by atoms with E-state index in [1.54, 1.807) is 21.0 Å². The van der Waals surface area contributed by atoms with Crippen molar-refractivity contribution >= 4 is 39.6 Å². The predicted molar refractivity (Wildman–Crippen MR) is 153 cm³/mol. The molecule has 0 bridgehead atoms. The van der Waals surface area contributed by atoms with E-state index in [0.29, 0.717) is 13.1 Å². The second-order valence-electron chi connectivity index (χ2n) is 8.98. The Hall–Kier alpha value is -3.89. The Labute approximate surface area is 223 Å². The van der Waals surface area contributed by atoms with Crippen molar-refractivity contribution in [2.75, 3.05) is 31.3 Å². The van der Waals surface area contributed by atoms with Gasteiger partial charge in [-0.25, -0.2) is 4.98 Å². The van der Waals surface area contributed by atoms with Crippen molar-refractivity contribution in [3.05, 3.63) is 53.6 Å². The number of aliphatic hydroxyl groups excluding tert-OH is 1. The van der Waals surface area contributed by atoms with Gasteiger partial charge in [-0.2, -0.15) is 4.98 Å². The normalized spacial score (nSPS) is 11.7. The number of fused-ring (bicyclic) bond motifs is 3. The van der Waals surface area contributed by atoms with E-state index in [1.807, 2.05) is 24.3 Å². The van der Waals surface area contributed by atoms with Crippen LogP contribution in [0.1, 0.15) is 44.7 Å². The number of nitrogens with one attached hydrogen (secondary N) is 2. The third-order valence-electron chi connectivity index (χ3n) is 6.16. The van der Waals surface area contributed by atoms with Gasteiger partial charge in [0.1, 0.15) is 16.8 Å². The zero-order valence-corrected chi connectivity index (χ0v) is 22.6. The summed E-state index contributed by atoms with van der Waals surface area (Å²) >= 11 is 0. The number of methoxy groups -OCH3 is 1. The second kappa shape index (κ2) is 13.6. The lowest BCUT2D eigenvalue weighted by Crippen LogP contribution is -2.38. The third kappa shape index (κ3) is 6.70. The Morgan fingerprint density at radius 3 is 2.61 bits per heavy atom. The number of nitrogens with zero attached hydrogens (tertiary/aromatic N) is 3. The van der Waals surface area contributed by atoms with Gasteiger partial charge in [-0.1, -0.05) is 37.6 Å². The molecule has 0 saturated carbocycles. The highest BCUT2D eigenvalue weighted by molar-refractivity contribution is 6.09. The molecule has 1 unspecified atom stereocenters.